The predicted molar refractivity (Wildman–Crippen MR) is 43.0 cm³/mol. The van der Waals surface area contributed by atoms with Crippen LogP contribution in [0, 0.1) is 5.92 Å². The molecule has 0 fully saturated rings. The van der Waals surface area contributed by atoms with Crippen molar-refractivity contribution in [3.05, 3.63) is 12.3 Å². The fourth-order valence-corrected chi connectivity index (χ4v) is 0.432. The summed E-state index contributed by atoms with van der Waals surface area (Å²) in [5, 5.41) is 17.2. The highest BCUT2D eigenvalue weighted by atomic mass is 16.5. The second-order valence-corrected chi connectivity index (χ2v) is 2.74. The monoisotopic (exact) mass is 160 g/mol. The van der Waals surface area contributed by atoms with Crippen LogP contribution in [0.5, 0.6) is 0 Å². The van der Waals surface area contributed by atoms with E-state index in [2.05, 4.69) is 0 Å². The van der Waals surface area contributed by atoms with Crippen LogP contribution >= 0.6 is 0 Å². The summed E-state index contributed by atoms with van der Waals surface area (Å²) < 4.78 is 4.91. The molecule has 3 heteroatoms. The molecule has 0 saturated carbocycles. The van der Waals surface area contributed by atoms with Gasteiger partial charge >= 0.3 is 0 Å². The van der Waals surface area contributed by atoms with Gasteiger partial charge in [0.15, 0.2) is 0 Å². The van der Waals surface area contributed by atoms with Gasteiger partial charge in [0.05, 0.1) is 12.9 Å². The van der Waals surface area contributed by atoms with Crippen LogP contribution in [0.2, 0.25) is 0 Å². The lowest BCUT2D eigenvalue weighted by atomic mass is 10.2. The summed E-state index contributed by atoms with van der Waals surface area (Å²) in [6.45, 7) is 3.96. The molecular weight excluding hydrogens is 144 g/mol. The molecule has 1 unspecified atom stereocenters. The van der Waals surface area contributed by atoms with E-state index in [-0.39, 0.29) is 13.2 Å². The summed E-state index contributed by atoms with van der Waals surface area (Å²) >= 11 is 0. The van der Waals surface area contributed by atoms with Gasteiger partial charge in [-0.15, -0.1) is 0 Å². The summed E-state index contributed by atoms with van der Waals surface area (Å²) in [7, 11) is 0. The average Bonchev–Trinajstić information content (AvgIpc) is 1.97. The minimum absolute atomic E-state index is 0.153. The first kappa shape index (κ1) is 10.5. The van der Waals surface area contributed by atoms with Gasteiger partial charge in [0.25, 0.3) is 0 Å². The van der Waals surface area contributed by atoms with Crippen molar-refractivity contribution in [3.63, 3.8) is 0 Å². The maximum Gasteiger partial charge on any atom is 0.115 e. The van der Waals surface area contributed by atoms with E-state index in [1.807, 2.05) is 19.9 Å². The Balaban J connectivity index is 3.26. The van der Waals surface area contributed by atoms with E-state index in [0.717, 1.165) is 0 Å². The van der Waals surface area contributed by atoms with Gasteiger partial charge < -0.3 is 14.9 Å². The minimum atomic E-state index is -0.771. The zero-order chi connectivity index (χ0) is 8.69. The lowest BCUT2D eigenvalue weighted by Crippen LogP contribution is -2.17. The first-order chi connectivity index (χ1) is 5.16. The number of hydrogen-bond acceptors (Lipinski definition) is 3. The van der Waals surface area contributed by atoms with Crippen molar-refractivity contribution in [1.82, 2.24) is 0 Å². The number of aliphatic hydroxyl groups excluding tert-OH is 2. The minimum Gasteiger partial charge on any atom is -0.499 e. The van der Waals surface area contributed by atoms with E-state index < -0.39 is 6.10 Å². The molecule has 0 amide bonds. The smallest absolute Gasteiger partial charge is 0.115 e. The fourth-order valence-electron chi connectivity index (χ4n) is 0.432. The highest BCUT2D eigenvalue weighted by Gasteiger charge is 1.98. The molecule has 0 radical (unpaired) electrons. The Morgan fingerprint density at radius 2 is 2.09 bits per heavy atom. The molecule has 2 N–H and O–H groups in total. The summed E-state index contributed by atoms with van der Waals surface area (Å²) in [4.78, 5) is 0. The van der Waals surface area contributed by atoms with Gasteiger partial charge in [-0.2, -0.15) is 0 Å². The Hall–Kier alpha value is -0.540. The molecule has 0 aromatic carbocycles. The highest BCUT2D eigenvalue weighted by Crippen LogP contribution is 1.94. The summed E-state index contributed by atoms with van der Waals surface area (Å²) in [6.07, 6.45) is 2.65. The van der Waals surface area contributed by atoms with E-state index >= 15 is 0 Å². The summed E-state index contributed by atoms with van der Waals surface area (Å²) in [6, 6.07) is 0. The van der Waals surface area contributed by atoms with Crippen LogP contribution in [0.25, 0.3) is 0 Å². The average molecular weight is 160 g/mol. The lowest BCUT2D eigenvalue weighted by Gasteiger charge is -2.05. The van der Waals surface area contributed by atoms with Crippen molar-refractivity contribution in [1.29, 1.82) is 0 Å². The van der Waals surface area contributed by atoms with Crippen molar-refractivity contribution in [2.24, 2.45) is 5.92 Å². The maximum atomic E-state index is 8.81. The number of allylic oxidation sites excluding steroid dienone is 1. The molecule has 11 heavy (non-hydrogen) atoms. The van der Waals surface area contributed by atoms with Crippen molar-refractivity contribution >= 4 is 0 Å². The van der Waals surface area contributed by atoms with E-state index in [1.54, 1.807) is 6.26 Å². The first-order valence-corrected chi connectivity index (χ1v) is 3.74. The Morgan fingerprint density at radius 1 is 1.45 bits per heavy atom. The number of rotatable bonds is 5. The second kappa shape index (κ2) is 6.19. The van der Waals surface area contributed by atoms with Crippen LogP contribution in [-0.2, 0) is 4.74 Å². The lowest BCUT2D eigenvalue weighted by molar-refractivity contribution is 0.0381. The number of hydrogen-bond donors (Lipinski definition) is 2. The van der Waals surface area contributed by atoms with Crippen LogP contribution < -0.4 is 0 Å². The molecule has 0 heterocycles. The summed E-state index contributed by atoms with van der Waals surface area (Å²) in [5.74, 6) is 0.446. The Morgan fingerprint density at radius 3 is 2.55 bits per heavy atom. The molecular formula is C8H16O3. The SMILES string of the molecule is CC(C)C=COCC(O)CO. The first-order valence-electron chi connectivity index (χ1n) is 3.74. The van der Waals surface area contributed by atoms with Crippen molar-refractivity contribution in [2.75, 3.05) is 13.2 Å². The molecule has 66 valence electrons. The highest BCUT2D eigenvalue weighted by molar-refractivity contribution is 4.77. The van der Waals surface area contributed by atoms with Gasteiger partial charge in [0.2, 0.25) is 0 Å². The van der Waals surface area contributed by atoms with Crippen LogP contribution in [0.3, 0.4) is 0 Å². The Kier molecular flexibility index (Phi) is 5.88. The quantitative estimate of drug-likeness (QED) is 0.577. The van der Waals surface area contributed by atoms with Crippen LogP contribution in [0.4, 0.5) is 0 Å². The van der Waals surface area contributed by atoms with Crippen LogP contribution in [0.1, 0.15) is 13.8 Å². The predicted octanol–water partition coefficient (Wildman–Crippen LogP) is 0.526. The Bertz CT molecular complexity index is 110. The van der Waals surface area contributed by atoms with Gasteiger partial charge in [-0.25, -0.2) is 0 Å². The van der Waals surface area contributed by atoms with Crippen molar-refractivity contribution < 1.29 is 14.9 Å². The maximum absolute atomic E-state index is 8.81. The molecule has 0 aromatic heterocycles. The fraction of sp³-hybridized carbons (Fsp3) is 0.750. The molecule has 0 spiro atoms. The molecule has 0 aliphatic carbocycles. The van der Waals surface area contributed by atoms with Gasteiger partial charge in [0, 0.05) is 0 Å². The van der Waals surface area contributed by atoms with E-state index in [1.165, 1.54) is 0 Å². The summed E-state index contributed by atoms with van der Waals surface area (Å²) in [5.41, 5.74) is 0. The molecule has 0 saturated heterocycles. The molecule has 0 aliphatic rings. The Labute approximate surface area is 67.3 Å². The van der Waals surface area contributed by atoms with Crippen molar-refractivity contribution in [3.8, 4) is 0 Å². The van der Waals surface area contributed by atoms with Crippen LogP contribution in [0.15, 0.2) is 12.3 Å². The topological polar surface area (TPSA) is 49.7 Å². The third-order valence-corrected chi connectivity index (χ3v) is 1.06. The number of ether oxygens (including phenoxy) is 1. The molecule has 0 bridgehead atoms. The molecule has 3 nitrogen and oxygen atoms in total. The third-order valence-electron chi connectivity index (χ3n) is 1.06. The van der Waals surface area contributed by atoms with E-state index in [0.29, 0.717) is 5.92 Å². The standard InChI is InChI=1S/C8H16O3/c1-7(2)3-4-11-6-8(10)5-9/h3-4,7-10H,5-6H2,1-2H3. The van der Waals surface area contributed by atoms with E-state index in [9.17, 15) is 0 Å². The number of aliphatic hydroxyl groups is 2. The zero-order valence-electron chi connectivity index (χ0n) is 7.03. The van der Waals surface area contributed by atoms with Gasteiger partial charge in [-0.1, -0.05) is 13.8 Å². The van der Waals surface area contributed by atoms with Crippen molar-refractivity contribution in [2.45, 2.75) is 20.0 Å². The van der Waals surface area contributed by atoms with E-state index in [4.69, 9.17) is 14.9 Å². The second-order valence-electron chi connectivity index (χ2n) is 2.74. The third kappa shape index (κ3) is 7.36. The van der Waals surface area contributed by atoms with Gasteiger partial charge in [-0.05, 0) is 12.0 Å². The zero-order valence-corrected chi connectivity index (χ0v) is 7.03. The van der Waals surface area contributed by atoms with Gasteiger partial charge in [0.1, 0.15) is 12.7 Å². The largest absolute Gasteiger partial charge is 0.499 e. The molecule has 1 atom stereocenters. The van der Waals surface area contributed by atoms with Crippen LogP contribution in [-0.4, -0.2) is 29.5 Å². The normalized spacial score (nSPS) is 14.3. The molecule has 0 aromatic rings. The van der Waals surface area contributed by atoms with Gasteiger partial charge in [-0.3, -0.25) is 0 Å². The molecule has 0 aliphatic heterocycles. The molecule has 0 rings (SSSR count).